The normalized spacial score (nSPS) is 11.3. The zero-order chi connectivity index (χ0) is 12.7. The molecular weight excluding hydrogens is 233 g/mol. The standard InChI is InChI=1S/C11H15F3N2O/c1-2-16-9-6-10(8-15-7-9)17-5-3-4-11(12,13)14/h6-8,16H,2-5H2,1H3. The average molecular weight is 248 g/mol. The summed E-state index contributed by atoms with van der Waals surface area (Å²) < 4.78 is 40.8. The van der Waals surface area contributed by atoms with Crippen LogP contribution >= 0.6 is 0 Å². The van der Waals surface area contributed by atoms with Gasteiger partial charge in [-0.2, -0.15) is 13.2 Å². The number of rotatable bonds is 6. The van der Waals surface area contributed by atoms with Crippen molar-refractivity contribution in [2.45, 2.75) is 25.9 Å². The second kappa shape index (κ2) is 6.32. The number of anilines is 1. The van der Waals surface area contributed by atoms with Gasteiger partial charge in [0.05, 0.1) is 24.7 Å². The van der Waals surface area contributed by atoms with Gasteiger partial charge in [0.2, 0.25) is 0 Å². The zero-order valence-corrected chi connectivity index (χ0v) is 9.55. The quantitative estimate of drug-likeness (QED) is 0.785. The van der Waals surface area contributed by atoms with Crippen LogP contribution in [0.3, 0.4) is 0 Å². The van der Waals surface area contributed by atoms with Crippen LogP contribution in [0.4, 0.5) is 18.9 Å². The molecule has 0 atom stereocenters. The highest BCUT2D eigenvalue weighted by atomic mass is 19.4. The molecule has 0 aliphatic carbocycles. The first-order valence-corrected chi connectivity index (χ1v) is 5.40. The summed E-state index contributed by atoms with van der Waals surface area (Å²) in [5.41, 5.74) is 0.792. The molecule has 1 N–H and O–H groups in total. The van der Waals surface area contributed by atoms with E-state index < -0.39 is 12.6 Å². The van der Waals surface area contributed by atoms with Crippen molar-refractivity contribution in [2.75, 3.05) is 18.5 Å². The zero-order valence-electron chi connectivity index (χ0n) is 9.55. The minimum atomic E-state index is -4.12. The third-order valence-electron chi connectivity index (χ3n) is 1.97. The highest BCUT2D eigenvalue weighted by molar-refractivity contribution is 5.44. The summed E-state index contributed by atoms with van der Waals surface area (Å²) in [6.45, 7) is 2.73. The van der Waals surface area contributed by atoms with E-state index in [2.05, 4.69) is 10.3 Å². The first kappa shape index (κ1) is 13.6. The molecule has 0 amide bonds. The van der Waals surface area contributed by atoms with Crippen LogP contribution in [-0.4, -0.2) is 24.3 Å². The van der Waals surface area contributed by atoms with Gasteiger partial charge in [0.15, 0.2) is 0 Å². The van der Waals surface area contributed by atoms with E-state index in [1.807, 2.05) is 6.92 Å². The first-order chi connectivity index (χ1) is 8.01. The maximum absolute atomic E-state index is 11.9. The minimum absolute atomic E-state index is 0.0385. The molecule has 1 aromatic heterocycles. The lowest BCUT2D eigenvalue weighted by Gasteiger charge is -2.09. The lowest BCUT2D eigenvalue weighted by atomic mass is 10.3. The Morgan fingerprint density at radius 2 is 2.12 bits per heavy atom. The van der Waals surface area contributed by atoms with E-state index in [4.69, 9.17) is 4.74 Å². The number of halogens is 3. The largest absolute Gasteiger partial charge is 0.492 e. The molecule has 0 aromatic carbocycles. The first-order valence-electron chi connectivity index (χ1n) is 5.40. The van der Waals surface area contributed by atoms with Gasteiger partial charge in [0, 0.05) is 19.0 Å². The molecule has 0 bridgehead atoms. The van der Waals surface area contributed by atoms with Crippen LogP contribution in [0.2, 0.25) is 0 Å². The molecule has 3 nitrogen and oxygen atoms in total. The molecule has 0 aliphatic rings. The second-order valence-corrected chi connectivity index (χ2v) is 3.51. The third kappa shape index (κ3) is 5.99. The highest BCUT2D eigenvalue weighted by Gasteiger charge is 2.26. The number of hydrogen-bond acceptors (Lipinski definition) is 3. The van der Waals surface area contributed by atoms with Gasteiger partial charge in [-0.3, -0.25) is 4.98 Å². The summed E-state index contributed by atoms with van der Waals surface area (Å²) in [5, 5.41) is 3.04. The maximum atomic E-state index is 11.9. The molecule has 1 heterocycles. The molecule has 0 saturated heterocycles. The summed E-state index contributed by atoms with van der Waals surface area (Å²) >= 11 is 0. The molecule has 0 saturated carbocycles. The van der Waals surface area contributed by atoms with E-state index >= 15 is 0 Å². The van der Waals surface area contributed by atoms with Crippen molar-refractivity contribution in [1.82, 2.24) is 4.98 Å². The Kier molecular flexibility index (Phi) is 5.06. The van der Waals surface area contributed by atoms with Crippen LogP contribution in [0.1, 0.15) is 19.8 Å². The van der Waals surface area contributed by atoms with Crippen LogP contribution in [0.5, 0.6) is 5.75 Å². The lowest BCUT2D eigenvalue weighted by molar-refractivity contribution is -0.136. The van der Waals surface area contributed by atoms with E-state index in [0.717, 1.165) is 12.2 Å². The van der Waals surface area contributed by atoms with Crippen molar-refractivity contribution in [1.29, 1.82) is 0 Å². The predicted molar refractivity (Wildman–Crippen MR) is 59.2 cm³/mol. The Hall–Kier alpha value is -1.46. The molecule has 0 fully saturated rings. The van der Waals surface area contributed by atoms with Crippen molar-refractivity contribution in [3.8, 4) is 5.75 Å². The predicted octanol–water partition coefficient (Wildman–Crippen LogP) is 3.23. The smallest absolute Gasteiger partial charge is 0.389 e. The van der Waals surface area contributed by atoms with E-state index in [9.17, 15) is 13.2 Å². The molecule has 0 aliphatic heterocycles. The van der Waals surface area contributed by atoms with Gasteiger partial charge >= 0.3 is 6.18 Å². The Labute approximate surface area is 98.0 Å². The van der Waals surface area contributed by atoms with Gasteiger partial charge < -0.3 is 10.1 Å². The Balaban J connectivity index is 2.34. The molecule has 0 spiro atoms. The molecular formula is C11H15F3N2O. The van der Waals surface area contributed by atoms with Gasteiger partial charge in [-0.15, -0.1) is 0 Å². The SMILES string of the molecule is CCNc1cncc(OCCCC(F)(F)F)c1. The van der Waals surface area contributed by atoms with Crippen LogP contribution < -0.4 is 10.1 Å². The summed E-state index contributed by atoms with van der Waals surface area (Å²) in [6.07, 6.45) is -1.88. The molecule has 1 rings (SSSR count). The van der Waals surface area contributed by atoms with Gasteiger partial charge in [0.1, 0.15) is 5.75 Å². The van der Waals surface area contributed by atoms with Crippen molar-refractivity contribution < 1.29 is 17.9 Å². The number of pyridine rings is 1. The number of aromatic nitrogens is 1. The molecule has 6 heteroatoms. The molecule has 0 unspecified atom stereocenters. The Bertz CT molecular complexity index is 342. The number of hydrogen-bond donors (Lipinski definition) is 1. The monoisotopic (exact) mass is 248 g/mol. The average Bonchev–Trinajstić information content (AvgIpc) is 2.24. The number of nitrogens with one attached hydrogen (secondary N) is 1. The van der Waals surface area contributed by atoms with Gasteiger partial charge in [-0.05, 0) is 13.3 Å². The summed E-state index contributed by atoms with van der Waals surface area (Å²) in [6, 6.07) is 1.71. The number of nitrogens with zero attached hydrogens (tertiary/aromatic N) is 1. The molecule has 96 valence electrons. The van der Waals surface area contributed by atoms with Gasteiger partial charge in [-0.25, -0.2) is 0 Å². The fraction of sp³-hybridized carbons (Fsp3) is 0.545. The summed E-state index contributed by atoms with van der Waals surface area (Å²) in [7, 11) is 0. The fourth-order valence-corrected chi connectivity index (χ4v) is 1.26. The van der Waals surface area contributed by atoms with Crippen molar-refractivity contribution >= 4 is 5.69 Å². The summed E-state index contributed by atoms with van der Waals surface area (Å²) in [4.78, 5) is 3.92. The van der Waals surface area contributed by atoms with Crippen LogP contribution in [0.25, 0.3) is 0 Å². The summed E-state index contributed by atoms with van der Waals surface area (Å²) in [5.74, 6) is 0.477. The van der Waals surface area contributed by atoms with Crippen molar-refractivity contribution in [3.05, 3.63) is 18.5 Å². The van der Waals surface area contributed by atoms with E-state index in [0.29, 0.717) is 5.75 Å². The third-order valence-corrected chi connectivity index (χ3v) is 1.97. The Morgan fingerprint density at radius 1 is 1.35 bits per heavy atom. The highest BCUT2D eigenvalue weighted by Crippen LogP contribution is 2.22. The van der Waals surface area contributed by atoms with Crippen molar-refractivity contribution in [3.63, 3.8) is 0 Å². The molecule has 0 radical (unpaired) electrons. The Morgan fingerprint density at radius 3 is 2.76 bits per heavy atom. The topological polar surface area (TPSA) is 34.2 Å². The van der Waals surface area contributed by atoms with Crippen molar-refractivity contribution in [2.24, 2.45) is 0 Å². The van der Waals surface area contributed by atoms with E-state index in [-0.39, 0.29) is 13.0 Å². The van der Waals surface area contributed by atoms with Crippen LogP contribution in [0.15, 0.2) is 18.5 Å². The van der Waals surface area contributed by atoms with Gasteiger partial charge in [0.25, 0.3) is 0 Å². The number of alkyl halides is 3. The van der Waals surface area contributed by atoms with Crippen LogP contribution in [0, 0.1) is 0 Å². The lowest BCUT2D eigenvalue weighted by Crippen LogP contribution is -2.09. The second-order valence-electron chi connectivity index (χ2n) is 3.51. The molecule has 1 aromatic rings. The van der Waals surface area contributed by atoms with Crippen LogP contribution in [-0.2, 0) is 0 Å². The fourth-order valence-electron chi connectivity index (χ4n) is 1.26. The van der Waals surface area contributed by atoms with E-state index in [1.165, 1.54) is 6.20 Å². The number of ether oxygens (including phenoxy) is 1. The van der Waals surface area contributed by atoms with Gasteiger partial charge in [-0.1, -0.05) is 0 Å². The maximum Gasteiger partial charge on any atom is 0.389 e. The minimum Gasteiger partial charge on any atom is -0.492 e. The molecule has 17 heavy (non-hydrogen) atoms. The van der Waals surface area contributed by atoms with E-state index in [1.54, 1.807) is 12.3 Å².